The lowest BCUT2D eigenvalue weighted by Gasteiger charge is -2.31. The number of carbonyl (C=O) groups is 1. The summed E-state index contributed by atoms with van der Waals surface area (Å²) in [6, 6.07) is 9.50. The van der Waals surface area contributed by atoms with Crippen molar-refractivity contribution in [1.82, 2.24) is 15.5 Å². The minimum atomic E-state index is -0.647. The molecule has 3 N–H and O–H groups in total. The van der Waals surface area contributed by atoms with Gasteiger partial charge in [0, 0.05) is 22.1 Å². The lowest BCUT2D eigenvalue weighted by atomic mass is 9.94. The molecule has 2 atom stereocenters. The maximum atomic E-state index is 13.9. The highest BCUT2D eigenvalue weighted by molar-refractivity contribution is 6.30. The number of H-pyrrole nitrogens is 1. The van der Waals surface area contributed by atoms with Gasteiger partial charge in [-0.05, 0) is 61.3 Å². The zero-order chi connectivity index (χ0) is 19.5. The standard InChI is InChI=1S/C20H20ClFN4O2/c21-14-7-12(8-15(22)10-14)19(18-3-1-2-6-23-18)28-20(27)25-16-4-5-17-13(9-16)11-24-26-17/h4-5,7-11,18-19,23H,1-3,6H2,(H,24,26)(H,25,27)/t18-,19?/m1/s1. The molecular formula is C20H20ClFN4O2. The molecular weight excluding hydrogens is 383 g/mol. The van der Waals surface area contributed by atoms with Crippen LogP contribution in [0.1, 0.15) is 30.9 Å². The number of anilines is 1. The van der Waals surface area contributed by atoms with Crippen molar-refractivity contribution in [1.29, 1.82) is 0 Å². The zero-order valence-corrected chi connectivity index (χ0v) is 15.8. The van der Waals surface area contributed by atoms with Crippen LogP contribution in [0.15, 0.2) is 42.6 Å². The molecule has 8 heteroatoms. The van der Waals surface area contributed by atoms with Gasteiger partial charge in [-0.15, -0.1) is 0 Å². The third-order valence-electron chi connectivity index (χ3n) is 4.85. The Balaban J connectivity index is 1.54. The van der Waals surface area contributed by atoms with E-state index in [0.717, 1.165) is 36.7 Å². The molecule has 0 saturated carbocycles. The molecule has 3 aromatic rings. The summed E-state index contributed by atoms with van der Waals surface area (Å²) in [5, 5.41) is 14.1. The lowest BCUT2D eigenvalue weighted by Crippen LogP contribution is -2.41. The van der Waals surface area contributed by atoms with E-state index in [-0.39, 0.29) is 11.1 Å². The van der Waals surface area contributed by atoms with Crippen LogP contribution in [0.4, 0.5) is 14.9 Å². The van der Waals surface area contributed by atoms with Crippen molar-refractivity contribution in [2.24, 2.45) is 0 Å². The molecule has 1 aliphatic rings. The van der Waals surface area contributed by atoms with Crippen LogP contribution in [0.2, 0.25) is 5.02 Å². The summed E-state index contributed by atoms with van der Waals surface area (Å²) in [5.41, 5.74) is 1.99. The van der Waals surface area contributed by atoms with Crippen molar-refractivity contribution in [2.75, 3.05) is 11.9 Å². The number of hydrogen-bond donors (Lipinski definition) is 3. The van der Waals surface area contributed by atoms with E-state index in [9.17, 15) is 9.18 Å². The van der Waals surface area contributed by atoms with E-state index in [1.54, 1.807) is 24.4 Å². The van der Waals surface area contributed by atoms with E-state index in [1.807, 2.05) is 6.07 Å². The molecule has 1 amide bonds. The molecule has 1 unspecified atom stereocenters. The average molecular weight is 403 g/mol. The largest absolute Gasteiger partial charge is 0.439 e. The molecule has 28 heavy (non-hydrogen) atoms. The molecule has 4 rings (SSSR count). The Bertz CT molecular complexity index is 967. The van der Waals surface area contributed by atoms with Gasteiger partial charge in [0.15, 0.2) is 0 Å². The highest BCUT2D eigenvalue weighted by atomic mass is 35.5. The number of rotatable bonds is 4. The van der Waals surface area contributed by atoms with Gasteiger partial charge in [0.2, 0.25) is 0 Å². The van der Waals surface area contributed by atoms with Crippen LogP contribution < -0.4 is 10.6 Å². The van der Waals surface area contributed by atoms with Gasteiger partial charge in [0.05, 0.1) is 11.7 Å². The highest BCUT2D eigenvalue weighted by Gasteiger charge is 2.29. The zero-order valence-electron chi connectivity index (χ0n) is 15.0. The van der Waals surface area contributed by atoms with Gasteiger partial charge >= 0.3 is 6.09 Å². The van der Waals surface area contributed by atoms with Gasteiger partial charge in [0.25, 0.3) is 0 Å². The maximum Gasteiger partial charge on any atom is 0.412 e. The number of benzene rings is 2. The van der Waals surface area contributed by atoms with Crippen LogP contribution in [-0.2, 0) is 4.74 Å². The quantitative estimate of drug-likeness (QED) is 0.586. The number of carbonyl (C=O) groups excluding carboxylic acids is 1. The minimum absolute atomic E-state index is 0.103. The molecule has 0 radical (unpaired) electrons. The van der Waals surface area contributed by atoms with Crippen molar-refractivity contribution in [3.8, 4) is 0 Å². The fourth-order valence-corrected chi connectivity index (χ4v) is 3.77. The second-order valence-corrected chi connectivity index (χ2v) is 7.32. The van der Waals surface area contributed by atoms with Gasteiger partial charge in [-0.3, -0.25) is 10.4 Å². The molecule has 0 spiro atoms. The Hall–Kier alpha value is -2.64. The van der Waals surface area contributed by atoms with Crippen LogP contribution >= 0.6 is 11.6 Å². The van der Waals surface area contributed by atoms with Gasteiger partial charge in [-0.2, -0.15) is 5.10 Å². The average Bonchev–Trinajstić information content (AvgIpc) is 3.14. The molecule has 1 saturated heterocycles. The molecule has 1 aliphatic heterocycles. The van der Waals surface area contributed by atoms with Gasteiger partial charge in [-0.1, -0.05) is 18.0 Å². The van der Waals surface area contributed by atoms with Crippen LogP contribution in [0.25, 0.3) is 10.9 Å². The molecule has 2 aromatic carbocycles. The lowest BCUT2D eigenvalue weighted by molar-refractivity contribution is 0.0761. The third kappa shape index (κ3) is 4.26. The van der Waals surface area contributed by atoms with E-state index < -0.39 is 18.0 Å². The maximum absolute atomic E-state index is 13.9. The van der Waals surface area contributed by atoms with Gasteiger partial charge in [0.1, 0.15) is 11.9 Å². The van der Waals surface area contributed by atoms with Crippen molar-refractivity contribution in [3.63, 3.8) is 0 Å². The Morgan fingerprint density at radius 3 is 2.96 bits per heavy atom. The molecule has 146 valence electrons. The first-order valence-corrected chi connectivity index (χ1v) is 9.56. The number of amides is 1. The Morgan fingerprint density at radius 1 is 1.29 bits per heavy atom. The van der Waals surface area contributed by atoms with Gasteiger partial charge in [-0.25, -0.2) is 9.18 Å². The number of nitrogens with zero attached hydrogens (tertiary/aromatic N) is 1. The summed E-state index contributed by atoms with van der Waals surface area (Å²) >= 11 is 6.02. The second kappa shape index (κ2) is 8.16. The van der Waals surface area contributed by atoms with E-state index in [1.165, 1.54) is 12.1 Å². The predicted molar refractivity (Wildman–Crippen MR) is 106 cm³/mol. The molecule has 0 aliphatic carbocycles. The summed E-state index contributed by atoms with van der Waals surface area (Å²) < 4.78 is 19.6. The van der Waals surface area contributed by atoms with E-state index in [2.05, 4.69) is 20.8 Å². The fourth-order valence-electron chi connectivity index (χ4n) is 3.54. The summed E-state index contributed by atoms with van der Waals surface area (Å²) in [7, 11) is 0. The van der Waals surface area contributed by atoms with E-state index >= 15 is 0 Å². The number of aromatic amines is 1. The third-order valence-corrected chi connectivity index (χ3v) is 5.07. The number of ether oxygens (including phenoxy) is 1. The first-order valence-electron chi connectivity index (χ1n) is 9.18. The topological polar surface area (TPSA) is 79.0 Å². The minimum Gasteiger partial charge on any atom is -0.439 e. The normalized spacial score (nSPS) is 18.0. The Morgan fingerprint density at radius 2 is 2.18 bits per heavy atom. The predicted octanol–water partition coefficient (Wildman–Crippen LogP) is 4.79. The summed E-state index contributed by atoms with van der Waals surface area (Å²) in [5.74, 6) is -0.460. The number of fused-ring (bicyclic) bond motifs is 1. The fraction of sp³-hybridized carbons (Fsp3) is 0.300. The number of halogens is 2. The summed E-state index contributed by atoms with van der Waals surface area (Å²) in [6.45, 7) is 0.826. The van der Waals surface area contributed by atoms with Crippen LogP contribution in [0.3, 0.4) is 0 Å². The smallest absolute Gasteiger partial charge is 0.412 e. The van der Waals surface area contributed by atoms with Crippen LogP contribution in [0.5, 0.6) is 0 Å². The number of piperidine rings is 1. The monoisotopic (exact) mass is 402 g/mol. The van der Waals surface area contributed by atoms with E-state index in [0.29, 0.717) is 11.3 Å². The van der Waals surface area contributed by atoms with Crippen LogP contribution in [-0.4, -0.2) is 28.9 Å². The number of nitrogens with one attached hydrogen (secondary N) is 3. The molecule has 0 bridgehead atoms. The van der Waals surface area contributed by atoms with Gasteiger partial charge < -0.3 is 10.1 Å². The number of hydrogen-bond acceptors (Lipinski definition) is 4. The van der Waals surface area contributed by atoms with Crippen molar-refractivity contribution in [3.05, 3.63) is 59.0 Å². The van der Waals surface area contributed by atoms with Crippen molar-refractivity contribution in [2.45, 2.75) is 31.4 Å². The highest BCUT2D eigenvalue weighted by Crippen LogP contribution is 2.30. The number of aromatic nitrogens is 2. The SMILES string of the molecule is O=C(Nc1ccc2[nH]ncc2c1)OC(c1cc(F)cc(Cl)c1)[C@H]1CCCCN1. The van der Waals surface area contributed by atoms with Crippen molar-refractivity contribution < 1.29 is 13.9 Å². The molecule has 1 aromatic heterocycles. The molecule has 2 heterocycles. The summed E-state index contributed by atoms with van der Waals surface area (Å²) in [4.78, 5) is 12.6. The second-order valence-electron chi connectivity index (χ2n) is 6.88. The summed E-state index contributed by atoms with van der Waals surface area (Å²) in [6.07, 6.45) is 3.32. The van der Waals surface area contributed by atoms with Crippen molar-refractivity contribution >= 4 is 34.3 Å². The first-order chi connectivity index (χ1) is 13.6. The Labute approximate surface area is 166 Å². The molecule has 6 nitrogen and oxygen atoms in total. The first kappa shape index (κ1) is 18.7. The molecule has 1 fully saturated rings. The van der Waals surface area contributed by atoms with E-state index in [4.69, 9.17) is 16.3 Å². The Kier molecular flexibility index (Phi) is 5.45. The van der Waals surface area contributed by atoms with Crippen LogP contribution in [0, 0.1) is 5.82 Å².